The molecular formula is C11H19NO. The molecule has 0 radical (unpaired) electrons. The van der Waals surface area contributed by atoms with Crippen LogP contribution in [0.4, 0.5) is 0 Å². The third-order valence-corrected chi connectivity index (χ3v) is 3.29. The summed E-state index contributed by atoms with van der Waals surface area (Å²) in [7, 11) is 1.79. The number of hydrogen-bond donors (Lipinski definition) is 0. The fourth-order valence-corrected chi connectivity index (χ4v) is 1.72. The molecule has 0 N–H and O–H groups in total. The second-order valence-electron chi connectivity index (χ2n) is 4.31. The summed E-state index contributed by atoms with van der Waals surface area (Å²) in [5.41, 5.74) is 1.36. The Hall–Kier alpha value is -0.790. The molecule has 1 rings (SSSR count). The number of allylic oxidation sites excluding steroid dienone is 2. The van der Waals surface area contributed by atoms with Crippen LogP contribution in [0, 0.1) is 11.3 Å². The summed E-state index contributed by atoms with van der Waals surface area (Å²) in [5, 5.41) is 0. The van der Waals surface area contributed by atoms with E-state index in [0.29, 0.717) is 5.92 Å². The van der Waals surface area contributed by atoms with Crippen LogP contribution < -0.4 is 0 Å². The molecule has 74 valence electrons. The van der Waals surface area contributed by atoms with E-state index in [1.807, 2.05) is 6.92 Å². The van der Waals surface area contributed by atoms with E-state index in [1.54, 1.807) is 7.05 Å². The van der Waals surface area contributed by atoms with Gasteiger partial charge in [0, 0.05) is 12.5 Å². The van der Waals surface area contributed by atoms with E-state index in [4.69, 9.17) is 4.74 Å². The smallest absolute Gasteiger partial charge is 0.195 e. The van der Waals surface area contributed by atoms with E-state index in [2.05, 4.69) is 32.7 Å². The third-order valence-electron chi connectivity index (χ3n) is 3.29. The fourth-order valence-electron chi connectivity index (χ4n) is 1.72. The van der Waals surface area contributed by atoms with Crippen LogP contribution in [0.3, 0.4) is 0 Å². The predicted molar refractivity (Wildman–Crippen MR) is 55.8 cm³/mol. The van der Waals surface area contributed by atoms with Crippen molar-refractivity contribution in [1.82, 2.24) is 0 Å². The van der Waals surface area contributed by atoms with Crippen molar-refractivity contribution in [2.75, 3.05) is 7.05 Å². The van der Waals surface area contributed by atoms with Gasteiger partial charge in [0.1, 0.15) is 5.76 Å². The first-order chi connectivity index (χ1) is 5.91. The van der Waals surface area contributed by atoms with Gasteiger partial charge in [0.05, 0.1) is 0 Å². The second kappa shape index (κ2) is 3.17. The molecule has 0 amide bonds. The van der Waals surface area contributed by atoms with Crippen LogP contribution in [0.2, 0.25) is 0 Å². The Morgan fingerprint density at radius 3 is 2.31 bits per heavy atom. The average molecular weight is 181 g/mol. The summed E-state index contributed by atoms with van der Waals surface area (Å²) in [6.07, 6.45) is 0. The van der Waals surface area contributed by atoms with Crippen molar-refractivity contribution in [2.45, 2.75) is 34.6 Å². The Bertz CT molecular complexity index is 274. The van der Waals surface area contributed by atoms with E-state index in [0.717, 1.165) is 11.7 Å². The van der Waals surface area contributed by atoms with Gasteiger partial charge < -0.3 is 4.74 Å². The molecule has 0 saturated heterocycles. The standard InChI is InChI=1S/C11H19NO/c1-7-8(2)11(4,5)10(12-6)13-9(7)3/h8H,1-6H3. The van der Waals surface area contributed by atoms with Crippen molar-refractivity contribution in [2.24, 2.45) is 16.3 Å². The van der Waals surface area contributed by atoms with Crippen LogP contribution in [0.25, 0.3) is 0 Å². The molecule has 0 saturated carbocycles. The minimum Gasteiger partial charge on any atom is -0.447 e. The van der Waals surface area contributed by atoms with E-state index in [1.165, 1.54) is 5.57 Å². The number of hydrogen-bond acceptors (Lipinski definition) is 2. The van der Waals surface area contributed by atoms with Gasteiger partial charge in [-0.3, -0.25) is 4.99 Å². The molecule has 2 nitrogen and oxygen atoms in total. The average Bonchev–Trinajstić information content (AvgIpc) is 2.08. The zero-order valence-electron chi connectivity index (χ0n) is 9.43. The summed E-state index contributed by atoms with van der Waals surface area (Å²) in [6, 6.07) is 0. The van der Waals surface area contributed by atoms with Crippen molar-refractivity contribution in [3.05, 3.63) is 11.3 Å². The van der Waals surface area contributed by atoms with Crippen molar-refractivity contribution in [3.63, 3.8) is 0 Å². The molecule has 1 atom stereocenters. The Morgan fingerprint density at radius 1 is 1.31 bits per heavy atom. The first kappa shape index (κ1) is 10.3. The van der Waals surface area contributed by atoms with Crippen LogP contribution in [-0.2, 0) is 4.74 Å². The number of nitrogens with zero attached hydrogens (tertiary/aromatic N) is 1. The number of ether oxygens (including phenoxy) is 1. The number of rotatable bonds is 0. The molecule has 1 aliphatic heterocycles. The molecule has 0 bridgehead atoms. The predicted octanol–water partition coefficient (Wildman–Crippen LogP) is 3.00. The SMILES string of the molecule is CN=C1OC(C)=C(C)C(C)C1(C)C. The first-order valence-corrected chi connectivity index (χ1v) is 4.73. The summed E-state index contributed by atoms with van der Waals surface area (Å²) >= 11 is 0. The lowest BCUT2D eigenvalue weighted by molar-refractivity contribution is 0.242. The third kappa shape index (κ3) is 1.50. The maximum absolute atomic E-state index is 5.66. The van der Waals surface area contributed by atoms with Crippen molar-refractivity contribution >= 4 is 5.90 Å². The molecule has 0 aromatic rings. The maximum Gasteiger partial charge on any atom is 0.195 e. The molecule has 1 heterocycles. The van der Waals surface area contributed by atoms with Gasteiger partial charge in [-0.2, -0.15) is 0 Å². The van der Waals surface area contributed by atoms with Gasteiger partial charge in [0.2, 0.25) is 0 Å². The highest BCUT2D eigenvalue weighted by Gasteiger charge is 2.38. The highest BCUT2D eigenvalue weighted by atomic mass is 16.5. The molecular weight excluding hydrogens is 162 g/mol. The Morgan fingerprint density at radius 2 is 1.85 bits per heavy atom. The lowest BCUT2D eigenvalue weighted by atomic mass is 9.74. The molecule has 1 aliphatic rings. The Kier molecular flexibility index (Phi) is 2.51. The zero-order chi connectivity index (χ0) is 10.2. The van der Waals surface area contributed by atoms with Crippen LogP contribution in [0.1, 0.15) is 34.6 Å². The number of aliphatic imine (C=N–C) groups is 1. The fraction of sp³-hybridized carbons (Fsp3) is 0.727. The summed E-state index contributed by atoms with van der Waals surface area (Å²) in [4.78, 5) is 4.20. The van der Waals surface area contributed by atoms with Gasteiger partial charge in [-0.1, -0.05) is 20.8 Å². The highest BCUT2D eigenvalue weighted by Crippen LogP contribution is 2.39. The largest absolute Gasteiger partial charge is 0.447 e. The van der Waals surface area contributed by atoms with Gasteiger partial charge >= 0.3 is 0 Å². The minimum atomic E-state index is 0.0261. The normalized spacial score (nSPS) is 30.6. The zero-order valence-corrected chi connectivity index (χ0v) is 9.43. The van der Waals surface area contributed by atoms with Crippen molar-refractivity contribution in [3.8, 4) is 0 Å². The summed E-state index contributed by atoms with van der Waals surface area (Å²) in [5.74, 6) is 2.36. The maximum atomic E-state index is 5.66. The van der Waals surface area contributed by atoms with Gasteiger partial charge in [0.15, 0.2) is 5.90 Å². The van der Waals surface area contributed by atoms with Gasteiger partial charge in [0.25, 0.3) is 0 Å². The molecule has 13 heavy (non-hydrogen) atoms. The van der Waals surface area contributed by atoms with Gasteiger partial charge in [-0.25, -0.2) is 0 Å². The van der Waals surface area contributed by atoms with E-state index >= 15 is 0 Å². The van der Waals surface area contributed by atoms with Gasteiger partial charge in [-0.05, 0) is 25.3 Å². The van der Waals surface area contributed by atoms with Crippen LogP contribution in [0.15, 0.2) is 16.3 Å². The molecule has 0 spiro atoms. The molecule has 0 aromatic carbocycles. The molecule has 1 unspecified atom stereocenters. The van der Waals surface area contributed by atoms with Crippen LogP contribution >= 0.6 is 0 Å². The van der Waals surface area contributed by atoms with Crippen LogP contribution in [0.5, 0.6) is 0 Å². The molecule has 0 fully saturated rings. The molecule has 0 aliphatic carbocycles. The lowest BCUT2D eigenvalue weighted by Crippen LogP contribution is -2.37. The summed E-state index contributed by atoms with van der Waals surface area (Å²) in [6.45, 7) is 10.7. The van der Waals surface area contributed by atoms with E-state index in [9.17, 15) is 0 Å². The monoisotopic (exact) mass is 181 g/mol. The Labute approximate surface area is 80.7 Å². The lowest BCUT2D eigenvalue weighted by Gasteiger charge is -2.38. The van der Waals surface area contributed by atoms with Gasteiger partial charge in [-0.15, -0.1) is 0 Å². The van der Waals surface area contributed by atoms with Crippen molar-refractivity contribution < 1.29 is 4.74 Å². The topological polar surface area (TPSA) is 21.6 Å². The summed E-state index contributed by atoms with van der Waals surface area (Å²) < 4.78 is 5.66. The van der Waals surface area contributed by atoms with E-state index in [-0.39, 0.29) is 5.41 Å². The molecule has 0 aromatic heterocycles. The van der Waals surface area contributed by atoms with Crippen LogP contribution in [-0.4, -0.2) is 12.9 Å². The highest BCUT2D eigenvalue weighted by molar-refractivity contribution is 5.84. The quantitative estimate of drug-likeness (QED) is 0.563. The Balaban J connectivity index is 3.16. The first-order valence-electron chi connectivity index (χ1n) is 4.73. The van der Waals surface area contributed by atoms with E-state index < -0.39 is 0 Å². The van der Waals surface area contributed by atoms with Crippen molar-refractivity contribution in [1.29, 1.82) is 0 Å². The molecule has 2 heteroatoms. The minimum absolute atomic E-state index is 0.0261. The second-order valence-corrected chi connectivity index (χ2v) is 4.31.